The summed E-state index contributed by atoms with van der Waals surface area (Å²) in [4.78, 5) is 29.9. The van der Waals surface area contributed by atoms with E-state index < -0.39 is 6.09 Å². The van der Waals surface area contributed by atoms with Gasteiger partial charge < -0.3 is 4.74 Å². The summed E-state index contributed by atoms with van der Waals surface area (Å²) in [5, 5.41) is 2.88. The van der Waals surface area contributed by atoms with Gasteiger partial charge in [-0.3, -0.25) is 15.1 Å². The summed E-state index contributed by atoms with van der Waals surface area (Å²) in [5.74, 6) is 0.326. The Morgan fingerprint density at radius 3 is 2.89 bits per heavy atom. The molecule has 0 unspecified atom stereocenters. The Morgan fingerprint density at radius 2 is 2.16 bits per heavy atom. The topological polar surface area (TPSA) is 84.1 Å². The maximum Gasteiger partial charge on any atom is 0.413 e. The van der Waals surface area contributed by atoms with Gasteiger partial charge in [0, 0.05) is 0 Å². The smallest absolute Gasteiger partial charge is 0.413 e. The first-order valence-electron chi connectivity index (χ1n) is 5.99. The molecule has 0 aliphatic rings. The average Bonchev–Trinajstić information content (AvgIpc) is 2.36. The number of nitrogens with zero attached hydrogens (tertiary/aromatic N) is 1. The van der Waals surface area contributed by atoms with Gasteiger partial charge in [0.25, 0.3) is 5.56 Å². The second-order valence-corrected chi connectivity index (χ2v) is 4.55. The zero-order chi connectivity index (χ0) is 13.8. The van der Waals surface area contributed by atoms with Crippen molar-refractivity contribution in [2.24, 2.45) is 5.92 Å². The molecule has 1 aromatic carbocycles. The number of nitrogens with one attached hydrogen (secondary N) is 2. The second kappa shape index (κ2) is 5.51. The highest BCUT2D eigenvalue weighted by molar-refractivity contribution is 5.84. The fourth-order valence-electron chi connectivity index (χ4n) is 1.52. The van der Waals surface area contributed by atoms with Gasteiger partial charge in [-0.1, -0.05) is 26.0 Å². The van der Waals surface area contributed by atoms with Crippen LogP contribution in [0.2, 0.25) is 0 Å². The number of aromatic nitrogens is 2. The third-order valence-corrected chi connectivity index (χ3v) is 2.38. The number of aromatic amines is 1. The Hall–Kier alpha value is -2.37. The first-order valence-corrected chi connectivity index (χ1v) is 5.99. The van der Waals surface area contributed by atoms with Crippen LogP contribution in [0.4, 0.5) is 10.7 Å². The molecule has 6 heteroatoms. The van der Waals surface area contributed by atoms with E-state index in [1.165, 1.54) is 0 Å². The SMILES string of the molecule is CC(C)COC(=O)Nc1nc2ccccc2c(=O)[nH]1. The van der Waals surface area contributed by atoms with E-state index in [0.29, 0.717) is 17.5 Å². The highest BCUT2D eigenvalue weighted by atomic mass is 16.5. The second-order valence-electron chi connectivity index (χ2n) is 4.55. The number of hydrogen-bond acceptors (Lipinski definition) is 4. The van der Waals surface area contributed by atoms with Crippen LogP contribution in [0, 0.1) is 5.92 Å². The molecule has 0 aliphatic carbocycles. The van der Waals surface area contributed by atoms with E-state index in [1.807, 2.05) is 13.8 Å². The average molecular weight is 261 g/mol. The minimum atomic E-state index is -0.632. The number of carbonyl (C=O) groups excluding carboxylic acids is 1. The predicted octanol–water partition coefficient (Wildman–Crippen LogP) is 2.13. The molecule has 0 aliphatic heterocycles. The van der Waals surface area contributed by atoms with E-state index in [2.05, 4.69) is 15.3 Å². The fourth-order valence-corrected chi connectivity index (χ4v) is 1.52. The summed E-state index contributed by atoms with van der Waals surface area (Å²) < 4.78 is 4.95. The summed E-state index contributed by atoms with van der Waals surface area (Å²) >= 11 is 0. The number of para-hydroxylation sites is 1. The molecule has 1 amide bonds. The molecular weight excluding hydrogens is 246 g/mol. The third-order valence-electron chi connectivity index (χ3n) is 2.38. The van der Waals surface area contributed by atoms with Crippen LogP contribution in [0.3, 0.4) is 0 Å². The number of ether oxygens (including phenoxy) is 1. The molecule has 19 heavy (non-hydrogen) atoms. The van der Waals surface area contributed by atoms with E-state index in [0.717, 1.165) is 0 Å². The molecule has 0 spiro atoms. The Balaban J connectivity index is 2.17. The van der Waals surface area contributed by atoms with E-state index >= 15 is 0 Å². The number of fused-ring (bicyclic) bond motifs is 1. The van der Waals surface area contributed by atoms with E-state index in [9.17, 15) is 9.59 Å². The Morgan fingerprint density at radius 1 is 1.42 bits per heavy atom. The van der Waals surface area contributed by atoms with Crippen LogP contribution in [-0.4, -0.2) is 22.7 Å². The standard InChI is InChI=1S/C13H15N3O3/c1-8(2)7-19-13(18)16-12-14-10-6-4-3-5-9(10)11(17)15-12/h3-6,8H,7H2,1-2H3,(H2,14,15,16,17,18). The molecule has 0 radical (unpaired) electrons. The first-order chi connectivity index (χ1) is 9.06. The Kier molecular flexibility index (Phi) is 3.79. The van der Waals surface area contributed by atoms with E-state index in [4.69, 9.17) is 4.74 Å². The molecule has 0 saturated carbocycles. The monoisotopic (exact) mass is 261 g/mol. The molecule has 2 aromatic rings. The van der Waals surface area contributed by atoms with Crippen molar-refractivity contribution in [2.75, 3.05) is 11.9 Å². The minimum Gasteiger partial charge on any atom is -0.449 e. The maximum absolute atomic E-state index is 11.8. The quantitative estimate of drug-likeness (QED) is 0.886. The van der Waals surface area contributed by atoms with Gasteiger partial charge in [0.2, 0.25) is 5.95 Å². The van der Waals surface area contributed by atoms with Gasteiger partial charge in [0.05, 0.1) is 17.5 Å². The van der Waals surface area contributed by atoms with Gasteiger partial charge in [-0.05, 0) is 18.1 Å². The molecule has 1 heterocycles. The molecular formula is C13H15N3O3. The van der Waals surface area contributed by atoms with Crippen molar-refractivity contribution in [2.45, 2.75) is 13.8 Å². The highest BCUT2D eigenvalue weighted by Gasteiger charge is 2.08. The van der Waals surface area contributed by atoms with E-state index in [1.54, 1.807) is 24.3 Å². The minimum absolute atomic E-state index is 0.0810. The van der Waals surface area contributed by atoms with Crippen LogP contribution in [0.1, 0.15) is 13.8 Å². The van der Waals surface area contributed by atoms with Crippen molar-refractivity contribution in [1.82, 2.24) is 9.97 Å². The molecule has 0 bridgehead atoms. The molecule has 2 N–H and O–H groups in total. The molecule has 6 nitrogen and oxygen atoms in total. The number of anilines is 1. The lowest BCUT2D eigenvalue weighted by Crippen LogP contribution is -2.20. The summed E-state index contributed by atoms with van der Waals surface area (Å²) in [6, 6.07) is 6.90. The van der Waals surface area contributed by atoms with E-state index in [-0.39, 0.29) is 17.4 Å². The van der Waals surface area contributed by atoms with Crippen LogP contribution in [0.25, 0.3) is 10.9 Å². The lowest BCUT2D eigenvalue weighted by Gasteiger charge is -2.08. The lowest BCUT2D eigenvalue weighted by molar-refractivity contribution is 0.147. The van der Waals surface area contributed by atoms with Crippen molar-refractivity contribution >= 4 is 22.9 Å². The van der Waals surface area contributed by atoms with Crippen molar-refractivity contribution in [3.05, 3.63) is 34.6 Å². The number of H-pyrrole nitrogens is 1. The van der Waals surface area contributed by atoms with Crippen molar-refractivity contribution in [3.8, 4) is 0 Å². The van der Waals surface area contributed by atoms with Crippen molar-refractivity contribution in [3.63, 3.8) is 0 Å². The molecule has 0 atom stereocenters. The third kappa shape index (κ3) is 3.31. The van der Waals surface area contributed by atoms with Crippen molar-refractivity contribution in [1.29, 1.82) is 0 Å². The van der Waals surface area contributed by atoms with Gasteiger partial charge >= 0.3 is 6.09 Å². The molecule has 0 fully saturated rings. The number of carbonyl (C=O) groups is 1. The zero-order valence-electron chi connectivity index (χ0n) is 10.8. The summed E-state index contributed by atoms with van der Waals surface area (Å²) in [7, 11) is 0. The number of hydrogen-bond donors (Lipinski definition) is 2. The molecule has 1 aromatic heterocycles. The Bertz CT molecular complexity index is 649. The van der Waals surface area contributed by atoms with Crippen LogP contribution in [-0.2, 0) is 4.74 Å². The molecule has 2 rings (SSSR count). The van der Waals surface area contributed by atoms with Crippen LogP contribution in [0.5, 0.6) is 0 Å². The highest BCUT2D eigenvalue weighted by Crippen LogP contribution is 2.08. The zero-order valence-corrected chi connectivity index (χ0v) is 10.8. The summed E-state index contributed by atoms with van der Waals surface area (Å²) in [6.07, 6.45) is -0.632. The predicted molar refractivity (Wildman–Crippen MR) is 72.2 cm³/mol. The molecule has 0 saturated heterocycles. The van der Waals surface area contributed by atoms with Crippen LogP contribution >= 0.6 is 0 Å². The summed E-state index contributed by atoms with van der Waals surface area (Å²) in [5.41, 5.74) is 0.218. The molecule has 100 valence electrons. The number of amides is 1. The lowest BCUT2D eigenvalue weighted by atomic mass is 10.2. The fraction of sp³-hybridized carbons (Fsp3) is 0.308. The van der Waals surface area contributed by atoms with Gasteiger partial charge in [-0.15, -0.1) is 0 Å². The van der Waals surface area contributed by atoms with Gasteiger partial charge in [0.15, 0.2) is 0 Å². The first kappa shape index (κ1) is 13.1. The number of benzene rings is 1. The largest absolute Gasteiger partial charge is 0.449 e. The van der Waals surface area contributed by atoms with Gasteiger partial charge in [-0.2, -0.15) is 0 Å². The maximum atomic E-state index is 11.8. The van der Waals surface area contributed by atoms with Crippen LogP contribution < -0.4 is 10.9 Å². The van der Waals surface area contributed by atoms with Crippen molar-refractivity contribution < 1.29 is 9.53 Å². The summed E-state index contributed by atoms with van der Waals surface area (Å²) in [6.45, 7) is 4.18. The number of rotatable bonds is 3. The Labute approximate surface area is 109 Å². The normalized spacial score (nSPS) is 10.7. The van der Waals surface area contributed by atoms with Crippen LogP contribution in [0.15, 0.2) is 29.1 Å². The van der Waals surface area contributed by atoms with Gasteiger partial charge in [-0.25, -0.2) is 9.78 Å². The van der Waals surface area contributed by atoms with Gasteiger partial charge in [0.1, 0.15) is 0 Å².